The molecule has 25 heavy (non-hydrogen) atoms. The highest BCUT2D eigenvalue weighted by Gasteiger charge is 2.27. The van der Waals surface area contributed by atoms with E-state index in [2.05, 4.69) is 27.9 Å². The lowest BCUT2D eigenvalue weighted by Gasteiger charge is -2.38. The number of nitrogens with one attached hydrogen (secondary N) is 1. The summed E-state index contributed by atoms with van der Waals surface area (Å²) in [6, 6.07) is 8.39. The second kappa shape index (κ2) is 7.70. The molecule has 0 saturated carbocycles. The van der Waals surface area contributed by atoms with Crippen LogP contribution in [-0.4, -0.2) is 59.0 Å². The molecule has 6 nitrogen and oxygen atoms in total. The molecule has 0 radical (unpaired) electrons. The van der Waals surface area contributed by atoms with Gasteiger partial charge in [0.25, 0.3) is 5.91 Å². The van der Waals surface area contributed by atoms with E-state index in [1.54, 1.807) is 13.3 Å². The predicted octanol–water partition coefficient (Wildman–Crippen LogP) is 2.50. The molecule has 1 fully saturated rings. The minimum atomic E-state index is 0.0387. The van der Waals surface area contributed by atoms with Gasteiger partial charge in [0.05, 0.1) is 13.3 Å². The monoisotopic (exact) mass is 342 g/mol. The number of imidazole rings is 1. The van der Waals surface area contributed by atoms with Gasteiger partial charge in [0.2, 0.25) is 0 Å². The van der Waals surface area contributed by atoms with E-state index in [1.807, 2.05) is 30.0 Å². The highest BCUT2D eigenvalue weighted by molar-refractivity contribution is 5.92. The van der Waals surface area contributed by atoms with Crippen LogP contribution < -0.4 is 4.74 Å². The van der Waals surface area contributed by atoms with Gasteiger partial charge < -0.3 is 14.6 Å². The molecule has 1 aromatic carbocycles. The summed E-state index contributed by atoms with van der Waals surface area (Å²) in [7, 11) is 1.71. The molecule has 0 bridgehead atoms. The van der Waals surface area contributed by atoms with Gasteiger partial charge in [-0.3, -0.25) is 9.69 Å². The van der Waals surface area contributed by atoms with Gasteiger partial charge in [0, 0.05) is 44.2 Å². The molecule has 1 atom stereocenters. The molecule has 0 spiro atoms. The summed E-state index contributed by atoms with van der Waals surface area (Å²) in [5, 5.41) is 0. The lowest BCUT2D eigenvalue weighted by molar-refractivity contribution is 0.0575. The second-order valence-corrected chi connectivity index (χ2v) is 6.34. The molecule has 134 valence electrons. The number of rotatable bonds is 5. The van der Waals surface area contributed by atoms with Crippen molar-refractivity contribution in [2.45, 2.75) is 26.3 Å². The molecule has 1 saturated heterocycles. The molecular weight excluding hydrogens is 316 g/mol. The van der Waals surface area contributed by atoms with Gasteiger partial charge in [-0.25, -0.2) is 4.98 Å². The maximum absolute atomic E-state index is 12.6. The number of benzene rings is 1. The first-order valence-electron chi connectivity index (χ1n) is 8.84. The van der Waals surface area contributed by atoms with Crippen LogP contribution in [0, 0.1) is 0 Å². The quantitative estimate of drug-likeness (QED) is 0.907. The zero-order valence-electron chi connectivity index (χ0n) is 15.2. The third kappa shape index (κ3) is 3.69. The van der Waals surface area contributed by atoms with E-state index < -0.39 is 0 Å². The van der Waals surface area contributed by atoms with Gasteiger partial charge in [-0.1, -0.05) is 25.1 Å². The number of methoxy groups -OCH3 is 1. The van der Waals surface area contributed by atoms with Crippen molar-refractivity contribution in [3.63, 3.8) is 0 Å². The smallest absolute Gasteiger partial charge is 0.272 e. The van der Waals surface area contributed by atoms with Crippen molar-refractivity contribution < 1.29 is 9.53 Å². The van der Waals surface area contributed by atoms with Crippen LogP contribution in [0.4, 0.5) is 0 Å². The summed E-state index contributed by atoms with van der Waals surface area (Å²) in [6.45, 7) is 7.35. The van der Waals surface area contributed by atoms with Crippen LogP contribution in [-0.2, 0) is 6.42 Å². The van der Waals surface area contributed by atoms with Crippen molar-refractivity contribution >= 4 is 5.91 Å². The summed E-state index contributed by atoms with van der Waals surface area (Å²) < 4.78 is 5.49. The number of hydrogen-bond acceptors (Lipinski definition) is 4. The average molecular weight is 342 g/mol. The molecule has 1 unspecified atom stereocenters. The summed E-state index contributed by atoms with van der Waals surface area (Å²) in [5.41, 5.74) is 1.77. The molecule has 1 aromatic heterocycles. The summed E-state index contributed by atoms with van der Waals surface area (Å²) >= 11 is 0. The first-order valence-corrected chi connectivity index (χ1v) is 8.84. The predicted molar refractivity (Wildman–Crippen MR) is 96.9 cm³/mol. The summed E-state index contributed by atoms with van der Waals surface area (Å²) in [5.74, 6) is 1.81. The van der Waals surface area contributed by atoms with Crippen molar-refractivity contribution in [2.24, 2.45) is 0 Å². The third-order valence-electron chi connectivity index (χ3n) is 4.93. The van der Waals surface area contributed by atoms with Gasteiger partial charge in [-0.2, -0.15) is 0 Å². The Morgan fingerprint density at radius 1 is 1.28 bits per heavy atom. The number of carbonyl (C=O) groups is 1. The van der Waals surface area contributed by atoms with E-state index >= 15 is 0 Å². The number of piperazine rings is 1. The first kappa shape index (κ1) is 17.5. The molecule has 0 aliphatic carbocycles. The Balaban J connectivity index is 1.62. The average Bonchev–Trinajstić information content (AvgIpc) is 3.16. The van der Waals surface area contributed by atoms with Crippen LogP contribution in [0.5, 0.6) is 5.75 Å². The number of nitrogens with zero attached hydrogens (tertiary/aromatic N) is 3. The van der Waals surface area contributed by atoms with E-state index in [-0.39, 0.29) is 11.9 Å². The molecule has 2 aromatic rings. The fourth-order valence-electron chi connectivity index (χ4n) is 3.34. The van der Waals surface area contributed by atoms with Crippen molar-refractivity contribution in [2.75, 3.05) is 33.3 Å². The summed E-state index contributed by atoms with van der Waals surface area (Å²) in [4.78, 5) is 24.2. The largest absolute Gasteiger partial charge is 0.496 e. The van der Waals surface area contributed by atoms with E-state index in [1.165, 1.54) is 5.56 Å². The molecule has 1 aliphatic rings. The van der Waals surface area contributed by atoms with Crippen LogP contribution in [0.3, 0.4) is 0 Å². The number of H-pyrrole nitrogens is 1. The van der Waals surface area contributed by atoms with Crippen LogP contribution in [0.25, 0.3) is 0 Å². The molecule has 3 rings (SSSR count). The fourth-order valence-corrected chi connectivity index (χ4v) is 3.34. The first-order chi connectivity index (χ1) is 12.1. The van der Waals surface area contributed by atoms with E-state index in [9.17, 15) is 4.79 Å². The molecule has 6 heteroatoms. The van der Waals surface area contributed by atoms with E-state index in [0.717, 1.165) is 44.2 Å². The molecular formula is C19H26N4O2. The Bertz CT molecular complexity index is 720. The number of aryl methyl sites for hydroxylation is 1. The van der Waals surface area contributed by atoms with Crippen LogP contribution >= 0.6 is 0 Å². The summed E-state index contributed by atoms with van der Waals surface area (Å²) in [6.07, 6.45) is 2.45. The van der Waals surface area contributed by atoms with Gasteiger partial charge in [0.15, 0.2) is 0 Å². The maximum atomic E-state index is 12.6. The second-order valence-electron chi connectivity index (χ2n) is 6.34. The number of amides is 1. The molecule has 1 amide bonds. The molecule has 2 heterocycles. The Hall–Kier alpha value is -2.34. The number of aromatic amines is 1. The minimum absolute atomic E-state index is 0.0387. The van der Waals surface area contributed by atoms with Crippen molar-refractivity contribution in [1.29, 1.82) is 0 Å². The Morgan fingerprint density at radius 2 is 2.00 bits per heavy atom. The maximum Gasteiger partial charge on any atom is 0.272 e. The van der Waals surface area contributed by atoms with E-state index in [0.29, 0.717) is 5.69 Å². The lowest BCUT2D eigenvalue weighted by atomic mass is 10.0. The number of para-hydroxylation sites is 1. The molecule has 1 N–H and O–H groups in total. The van der Waals surface area contributed by atoms with Gasteiger partial charge in [0.1, 0.15) is 17.3 Å². The number of carbonyl (C=O) groups excluding carboxylic acids is 1. The van der Waals surface area contributed by atoms with Crippen molar-refractivity contribution in [1.82, 2.24) is 19.8 Å². The van der Waals surface area contributed by atoms with Gasteiger partial charge in [-0.15, -0.1) is 0 Å². The normalized spacial score (nSPS) is 16.7. The topological polar surface area (TPSA) is 61.5 Å². The lowest BCUT2D eigenvalue weighted by Crippen LogP contribution is -2.49. The zero-order valence-corrected chi connectivity index (χ0v) is 15.2. The standard InChI is InChI=1S/C19H26N4O2/c1-4-18-20-13-16(21-18)19(24)23-11-9-22(10-12-23)14(2)15-7-5-6-8-17(15)25-3/h5-8,13-14H,4,9-12H2,1-3H3,(H,20,21). The zero-order chi connectivity index (χ0) is 17.8. The SMILES string of the molecule is CCc1ncc(C(=O)N2CCN(C(C)c3ccccc3OC)CC2)[nH]1. The van der Waals surface area contributed by atoms with Crippen LogP contribution in [0.2, 0.25) is 0 Å². The Morgan fingerprint density at radius 3 is 2.64 bits per heavy atom. The van der Waals surface area contributed by atoms with Gasteiger partial charge in [-0.05, 0) is 13.0 Å². The van der Waals surface area contributed by atoms with Crippen molar-refractivity contribution in [3.8, 4) is 5.75 Å². The van der Waals surface area contributed by atoms with Crippen molar-refractivity contribution in [3.05, 3.63) is 47.5 Å². The third-order valence-corrected chi connectivity index (χ3v) is 4.93. The van der Waals surface area contributed by atoms with Gasteiger partial charge >= 0.3 is 0 Å². The molecule has 1 aliphatic heterocycles. The Kier molecular flexibility index (Phi) is 5.38. The minimum Gasteiger partial charge on any atom is -0.496 e. The van der Waals surface area contributed by atoms with Crippen LogP contribution in [0.15, 0.2) is 30.5 Å². The number of aromatic nitrogens is 2. The van der Waals surface area contributed by atoms with E-state index in [4.69, 9.17) is 4.74 Å². The van der Waals surface area contributed by atoms with Crippen LogP contribution in [0.1, 0.15) is 41.8 Å². The Labute approximate surface area is 148 Å². The highest BCUT2D eigenvalue weighted by atomic mass is 16.5. The number of hydrogen-bond donors (Lipinski definition) is 1. The number of ether oxygens (including phenoxy) is 1. The highest BCUT2D eigenvalue weighted by Crippen LogP contribution is 2.29. The fraction of sp³-hybridized carbons (Fsp3) is 0.474.